The maximum atomic E-state index is 10.8. The van der Waals surface area contributed by atoms with Gasteiger partial charge in [-0.2, -0.15) is 0 Å². The molecule has 17 heavy (non-hydrogen) atoms. The highest BCUT2D eigenvalue weighted by Gasteiger charge is 2.12. The lowest BCUT2D eigenvalue weighted by Gasteiger charge is -2.07. The molecule has 5 nitrogen and oxygen atoms in total. The van der Waals surface area contributed by atoms with E-state index in [2.05, 4.69) is 21.1 Å². The quantitative estimate of drug-likeness (QED) is 0.753. The zero-order valence-corrected chi connectivity index (χ0v) is 10.7. The maximum absolute atomic E-state index is 10.8. The fraction of sp³-hybridized carbons (Fsp3) is 0.545. The fourth-order valence-electron chi connectivity index (χ4n) is 1.95. The van der Waals surface area contributed by atoms with Crippen molar-refractivity contribution < 1.29 is 8.42 Å². The average molecular weight is 255 g/mol. The van der Waals surface area contributed by atoms with E-state index in [4.69, 9.17) is 0 Å². The molecule has 0 unspecified atom stereocenters. The number of hydrogen-bond acceptors (Lipinski definition) is 4. The van der Waals surface area contributed by atoms with E-state index in [1.807, 2.05) is 6.07 Å². The summed E-state index contributed by atoms with van der Waals surface area (Å²) < 4.78 is 24.1. The minimum Gasteiger partial charge on any atom is -0.369 e. The molecule has 6 heteroatoms. The Morgan fingerprint density at radius 2 is 2.12 bits per heavy atom. The van der Waals surface area contributed by atoms with Gasteiger partial charge in [0.15, 0.2) is 0 Å². The molecule has 0 radical (unpaired) electrons. The molecule has 1 aromatic heterocycles. The highest BCUT2D eigenvalue weighted by Crippen LogP contribution is 2.21. The van der Waals surface area contributed by atoms with Gasteiger partial charge in [0.05, 0.1) is 6.26 Å². The van der Waals surface area contributed by atoms with Crippen molar-refractivity contribution >= 4 is 15.8 Å². The topological polar surface area (TPSA) is 71.1 Å². The van der Waals surface area contributed by atoms with E-state index in [0.29, 0.717) is 13.1 Å². The molecule has 0 saturated carbocycles. The lowest BCUT2D eigenvalue weighted by atomic mass is 10.2. The third-order valence-corrected chi connectivity index (χ3v) is 3.45. The molecule has 1 aliphatic rings. The summed E-state index contributed by atoms with van der Waals surface area (Å²) in [5.74, 6) is 0.820. The Morgan fingerprint density at radius 1 is 1.29 bits per heavy atom. The van der Waals surface area contributed by atoms with Crippen molar-refractivity contribution in [2.75, 3.05) is 24.7 Å². The van der Waals surface area contributed by atoms with Crippen LogP contribution in [0.4, 0.5) is 5.82 Å². The molecule has 0 aliphatic heterocycles. The van der Waals surface area contributed by atoms with E-state index in [1.54, 1.807) is 0 Å². The van der Waals surface area contributed by atoms with Crippen LogP contribution in [0, 0.1) is 0 Å². The number of nitrogens with zero attached hydrogens (tertiary/aromatic N) is 1. The van der Waals surface area contributed by atoms with Crippen molar-refractivity contribution in [3.8, 4) is 0 Å². The molecule has 94 valence electrons. The Balaban J connectivity index is 1.84. The number of fused-ring (bicyclic) bond motifs is 1. The second-order valence-corrected chi connectivity index (χ2v) is 6.08. The zero-order chi connectivity index (χ0) is 12.3. The Morgan fingerprint density at radius 3 is 2.88 bits per heavy atom. The Kier molecular flexibility index (Phi) is 3.63. The van der Waals surface area contributed by atoms with Crippen molar-refractivity contribution in [1.82, 2.24) is 9.71 Å². The fourth-order valence-corrected chi connectivity index (χ4v) is 2.42. The Hall–Kier alpha value is -1.14. The first-order valence-corrected chi connectivity index (χ1v) is 7.61. The molecule has 0 atom stereocenters. The first kappa shape index (κ1) is 12.3. The first-order valence-electron chi connectivity index (χ1n) is 5.72. The molecule has 0 spiro atoms. The summed E-state index contributed by atoms with van der Waals surface area (Å²) in [5.41, 5.74) is 2.51. The van der Waals surface area contributed by atoms with Gasteiger partial charge < -0.3 is 5.32 Å². The largest absolute Gasteiger partial charge is 0.369 e. The van der Waals surface area contributed by atoms with Gasteiger partial charge in [0.1, 0.15) is 5.82 Å². The van der Waals surface area contributed by atoms with Crippen molar-refractivity contribution in [2.45, 2.75) is 19.3 Å². The highest BCUT2D eigenvalue weighted by molar-refractivity contribution is 7.88. The van der Waals surface area contributed by atoms with Crippen LogP contribution in [0.25, 0.3) is 0 Å². The number of rotatable bonds is 5. The lowest BCUT2D eigenvalue weighted by Crippen LogP contribution is -2.27. The van der Waals surface area contributed by atoms with Gasteiger partial charge in [0.2, 0.25) is 10.0 Å². The molecule has 1 aliphatic carbocycles. The smallest absolute Gasteiger partial charge is 0.208 e. The SMILES string of the molecule is CS(=O)(=O)NCCNc1ccc2c(n1)CCC2. The second-order valence-electron chi connectivity index (χ2n) is 4.25. The number of pyridine rings is 1. The molecule has 0 amide bonds. The van der Waals surface area contributed by atoms with E-state index in [9.17, 15) is 8.42 Å². The van der Waals surface area contributed by atoms with E-state index in [-0.39, 0.29) is 0 Å². The van der Waals surface area contributed by atoms with Crippen LogP contribution in [-0.4, -0.2) is 32.7 Å². The number of hydrogen-bond donors (Lipinski definition) is 2. The van der Waals surface area contributed by atoms with Crippen LogP contribution in [0.3, 0.4) is 0 Å². The van der Waals surface area contributed by atoms with Crippen LogP contribution in [0.2, 0.25) is 0 Å². The molecule has 2 N–H and O–H groups in total. The summed E-state index contributed by atoms with van der Waals surface area (Å²) in [6.07, 6.45) is 4.51. The predicted octanol–water partition coefficient (Wildman–Crippen LogP) is 0.531. The second kappa shape index (κ2) is 5.01. The van der Waals surface area contributed by atoms with Crippen LogP contribution in [0.1, 0.15) is 17.7 Å². The monoisotopic (exact) mass is 255 g/mol. The molecule has 0 saturated heterocycles. The van der Waals surface area contributed by atoms with Crippen LogP contribution in [0.5, 0.6) is 0 Å². The van der Waals surface area contributed by atoms with E-state index in [0.717, 1.165) is 24.9 Å². The lowest BCUT2D eigenvalue weighted by molar-refractivity contribution is 0.589. The highest BCUT2D eigenvalue weighted by atomic mass is 32.2. The minimum atomic E-state index is -3.10. The van der Waals surface area contributed by atoms with Gasteiger partial charge in [-0.15, -0.1) is 0 Å². The zero-order valence-electron chi connectivity index (χ0n) is 9.86. The summed E-state index contributed by atoms with van der Waals surface area (Å²) in [6.45, 7) is 0.913. The summed E-state index contributed by atoms with van der Waals surface area (Å²) in [5, 5.41) is 3.11. The van der Waals surface area contributed by atoms with Crippen molar-refractivity contribution in [2.24, 2.45) is 0 Å². The van der Waals surface area contributed by atoms with E-state index in [1.165, 1.54) is 17.7 Å². The minimum absolute atomic E-state index is 0.373. The van der Waals surface area contributed by atoms with Crippen molar-refractivity contribution in [3.05, 3.63) is 23.4 Å². The molecule has 2 rings (SSSR count). The van der Waals surface area contributed by atoms with Crippen LogP contribution in [-0.2, 0) is 22.9 Å². The summed E-state index contributed by atoms with van der Waals surface area (Å²) in [4.78, 5) is 4.50. The summed E-state index contributed by atoms with van der Waals surface area (Å²) in [7, 11) is -3.10. The van der Waals surface area contributed by atoms with Gasteiger partial charge in [0, 0.05) is 18.8 Å². The molecule has 1 heterocycles. The molecule has 0 bridgehead atoms. The predicted molar refractivity (Wildman–Crippen MR) is 67.6 cm³/mol. The Bertz CT molecular complexity index is 499. The third-order valence-electron chi connectivity index (χ3n) is 2.72. The number of aryl methyl sites for hydroxylation is 2. The Labute approximate surface area is 102 Å². The average Bonchev–Trinajstić information content (AvgIpc) is 2.70. The van der Waals surface area contributed by atoms with Crippen LogP contribution >= 0.6 is 0 Å². The molecule has 0 fully saturated rings. The molecule has 1 aromatic rings. The number of sulfonamides is 1. The number of anilines is 1. The van der Waals surface area contributed by atoms with Gasteiger partial charge in [-0.05, 0) is 30.9 Å². The molecular weight excluding hydrogens is 238 g/mol. The summed E-state index contributed by atoms with van der Waals surface area (Å²) in [6, 6.07) is 4.05. The van der Waals surface area contributed by atoms with Gasteiger partial charge in [-0.3, -0.25) is 0 Å². The van der Waals surface area contributed by atoms with Crippen molar-refractivity contribution in [1.29, 1.82) is 0 Å². The van der Waals surface area contributed by atoms with Gasteiger partial charge >= 0.3 is 0 Å². The van der Waals surface area contributed by atoms with Crippen molar-refractivity contribution in [3.63, 3.8) is 0 Å². The number of nitrogens with one attached hydrogen (secondary N) is 2. The maximum Gasteiger partial charge on any atom is 0.208 e. The van der Waals surface area contributed by atoms with E-state index >= 15 is 0 Å². The van der Waals surface area contributed by atoms with Gasteiger partial charge in [-0.1, -0.05) is 6.07 Å². The van der Waals surface area contributed by atoms with Gasteiger partial charge in [0.25, 0.3) is 0 Å². The van der Waals surface area contributed by atoms with Crippen LogP contribution < -0.4 is 10.0 Å². The molecule has 0 aromatic carbocycles. The third kappa shape index (κ3) is 3.67. The normalized spacial score (nSPS) is 14.6. The molecular formula is C11H17N3O2S. The standard InChI is InChI=1S/C11H17N3O2S/c1-17(15,16)13-8-7-12-11-6-5-9-3-2-4-10(9)14-11/h5-6,13H,2-4,7-8H2,1H3,(H,12,14). The first-order chi connectivity index (χ1) is 8.04. The van der Waals surface area contributed by atoms with Gasteiger partial charge in [-0.25, -0.2) is 18.1 Å². The van der Waals surface area contributed by atoms with E-state index < -0.39 is 10.0 Å². The number of aromatic nitrogens is 1. The summed E-state index contributed by atoms with van der Waals surface area (Å²) >= 11 is 0. The van der Waals surface area contributed by atoms with Crippen LogP contribution in [0.15, 0.2) is 12.1 Å².